The first-order valence-corrected chi connectivity index (χ1v) is 8.22. The van der Waals surface area contributed by atoms with Gasteiger partial charge in [-0.2, -0.15) is 0 Å². The molecule has 2 aliphatic carbocycles. The molecule has 2 bridgehead atoms. The number of rotatable bonds is 1. The maximum atomic E-state index is 12.5. The molecule has 4 nitrogen and oxygen atoms in total. The van der Waals surface area contributed by atoms with E-state index in [-0.39, 0.29) is 17.1 Å². The van der Waals surface area contributed by atoms with Crippen molar-refractivity contribution in [1.29, 1.82) is 0 Å². The average Bonchev–Trinajstić information content (AvgIpc) is 2.48. The molecule has 1 saturated heterocycles. The lowest BCUT2D eigenvalue weighted by Crippen LogP contribution is -2.61. The van der Waals surface area contributed by atoms with Gasteiger partial charge in [0, 0.05) is 29.4 Å². The van der Waals surface area contributed by atoms with Crippen molar-refractivity contribution in [3.63, 3.8) is 0 Å². The van der Waals surface area contributed by atoms with Crippen LogP contribution >= 0.6 is 0 Å². The summed E-state index contributed by atoms with van der Waals surface area (Å²) < 4.78 is 5.32. The van der Waals surface area contributed by atoms with Crippen molar-refractivity contribution in [3.05, 3.63) is 23.3 Å². The highest BCUT2D eigenvalue weighted by Crippen LogP contribution is 2.57. The van der Waals surface area contributed by atoms with E-state index in [1.54, 1.807) is 7.11 Å². The van der Waals surface area contributed by atoms with Gasteiger partial charge in [0.2, 0.25) is 0 Å². The van der Waals surface area contributed by atoms with Crippen molar-refractivity contribution in [2.45, 2.75) is 44.1 Å². The predicted molar refractivity (Wildman–Crippen MR) is 83.3 cm³/mol. The summed E-state index contributed by atoms with van der Waals surface area (Å²) in [5, 5.41) is 14.4. The van der Waals surface area contributed by atoms with Crippen LogP contribution in [0.1, 0.15) is 37.3 Å². The highest BCUT2D eigenvalue weighted by atomic mass is 16.5. The van der Waals surface area contributed by atoms with Crippen molar-refractivity contribution in [3.8, 4) is 11.5 Å². The van der Waals surface area contributed by atoms with Crippen LogP contribution in [-0.2, 0) is 16.6 Å². The first kappa shape index (κ1) is 14.1. The first-order chi connectivity index (χ1) is 10.6. The Morgan fingerprint density at radius 1 is 1.41 bits per heavy atom. The van der Waals surface area contributed by atoms with Crippen LogP contribution in [0.2, 0.25) is 0 Å². The van der Waals surface area contributed by atoms with Crippen LogP contribution in [0.25, 0.3) is 0 Å². The molecule has 1 aliphatic heterocycles. The van der Waals surface area contributed by atoms with E-state index in [0.717, 1.165) is 31.4 Å². The van der Waals surface area contributed by atoms with Gasteiger partial charge in [-0.25, -0.2) is 0 Å². The Morgan fingerprint density at radius 2 is 2.23 bits per heavy atom. The number of carbonyl (C=O) groups excluding carboxylic acids is 1. The molecular formula is C18H23NO3. The molecule has 3 aliphatic rings. The molecule has 0 radical (unpaired) electrons. The Hall–Kier alpha value is -1.55. The predicted octanol–water partition coefficient (Wildman–Crippen LogP) is 2.17. The molecule has 2 fully saturated rings. The lowest BCUT2D eigenvalue weighted by atomic mass is 9.51. The van der Waals surface area contributed by atoms with Gasteiger partial charge in [0.25, 0.3) is 0 Å². The summed E-state index contributed by atoms with van der Waals surface area (Å²) in [6.07, 6.45) is 3.33. The number of piperidine rings is 1. The van der Waals surface area contributed by atoms with Crippen LogP contribution in [0.15, 0.2) is 12.1 Å². The lowest BCUT2D eigenvalue weighted by Gasteiger charge is -2.56. The second kappa shape index (κ2) is 4.72. The summed E-state index contributed by atoms with van der Waals surface area (Å²) in [6.45, 7) is 2.96. The molecule has 0 unspecified atom stereocenters. The second-order valence-corrected chi connectivity index (χ2v) is 7.21. The number of hydrogen-bond donors (Lipinski definition) is 2. The van der Waals surface area contributed by atoms with E-state index in [1.165, 1.54) is 5.56 Å². The number of ether oxygens (including phenoxy) is 1. The fraction of sp³-hybridized carbons (Fsp3) is 0.611. The van der Waals surface area contributed by atoms with Crippen molar-refractivity contribution in [2.75, 3.05) is 13.7 Å². The minimum absolute atomic E-state index is 0.134. The number of fused-ring (bicyclic) bond motifs is 1. The fourth-order valence-corrected chi connectivity index (χ4v) is 5.15. The zero-order valence-corrected chi connectivity index (χ0v) is 13.2. The number of phenolic OH excluding ortho intramolecular Hbond substituents is 1. The topological polar surface area (TPSA) is 58.6 Å². The van der Waals surface area contributed by atoms with E-state index in [0.29, 0.717) is 29.9 Å². The first-order valence-electron chi connectivity index (χ1n) is 8.22. The molecule has 118 valence electrons. The number of nitrogens with one attached hydrogen (secondary N) is 1. The Kier molecular flexibility index (Phi) is 3.02. The van der Waals surface area contributed by atoms with Crippen LogP contribution in [-0.4, -0.2) is 30.6 Å². The lowest BCUT2D eigenvalue weighted by molar-refractivity contribution is -0.129. The Bertz CT molecular complexity index is 641. The molecule has 1 heterocycles. The molecule has 22 heavy (non-hydrogen) atoms. The van der Waals surface area contributed by atoms with Crippen LogP contribution < -0.4 is 10.1 Å². The van der Waals surface area contributed by atoms with Crippen LogP contribution in [0, 0.1) is 11.8 Å². The fourth-order valence-electron chi connectivity index (χ4n) is 5.15. The molecule has 4 rings (SSSR count). The number of methoxy groups -OCH3 is 1. The SMILES string of the molecule is COc1ccc2c(c1O)[C@]13CCN[C@H](C2)[C@@H]1C[C@@H](C)C(=O)C3. The van der Waals surface area contributed by atoms with E-state index >= 15 is 0 Å². The summed E-state index contributed by atoms with van der Waals surface area (Å²) in [6, 6.07) is 4.33. The number of benzene rings is 1. The molecule has 4 heteroatoms. The van der Waals surface area contributed by atoms with Crippen molar-refractivity contribution < 1.29 is 14.6 Å². The van der Waals surface area contributed by atoms with Gasteiger partial charge in [-0.1, -0.05) is 13.0 Å². The number of Topliss-reactive ketones (excluding diaryl/α,β-unsaturated/α-hetero) is 1. The highest BCUT2D eigenvalue weighted by Gasteiger charge is 2.56. The smallest absolute Gasteiger partial charge is 0.161 e. The third kappa shape index (κ3) is 1.70. The normalized spacial score (nSPS) is 36.5. The van der Waals surface area contributed by atoms with Gasteiger partial charge in [0.05, 0.1) is 7.11 Å². The third-order valence-electron chi connectivity index (χ3n) is 6.20. The molecule has 2 N–H and O–H groups in total. The Morgan fingerprint density at radius 3 is 3.00 bits per heavy atom. The van der Waals surface area contributed by atoms with Gasteiger partial charge in [0.15, 0.2) is 11.5 Å². The third-order valence-corrected chi connectivity index (χ3v) is 6.20. The van der Waals surface area contributed by atoms with E-state index in [1.807, 2.05) is 13.0 Å². The van der Waals surface area contributed by atoms with Crippen LogP contribution in [0.5, 0.6) is 11.5 Å². The van der Waals surface area contributed by atoms with Crippen molar-refractivity contribution in [2.24, 2.45) is 11.8 Å². The van der Waals surface area contributed by atoms with Crippen molar-refractivity contribution in [1.82, 2.24) is 5.32 Å². The maximum absolute atomic E-state index is 12.5. The minimum atomic E-state index is -0.203. The maximum Gasteiger partial charge on any atom is 0.161 e. The molecule has 4 atom stereocenters. The quantitative estimate of drug-likeness (QED) is 0.834. The van der Waals surface area contributed by atoms with E-state index in [9.17, 15) is 9.90 Å². The molecule has 0 amide bonds. The zero-order chi connectivity index (χ0) is 15.5. The summed E-state index contributed by atoms with van der Waals surface area (Å²) in [4.78, 5) is 12.5. The van der Waals surface area contributed by atoms with Gasteiger partial charge in [-0.15, -0.1) is 0 Å². The van der Waals surface area contributed by atoms with Crippen molar-refractivity contribution >= 4 is 5.78 Å². The van der Waals surface area contributed by atoms with Crippen LogP contribution in [0.4, 0.5) is 0 Å². The summed E-state index contributed by atoms with van der Waals surface area (Å²) in [5.74, 6) is 1.68. The van der Waals surface area contributed by atoms with Crippen LogP contribution in [0.3, 0.4) is 0 Å². The van der Waals surface area contributed by atoms with E-state index in [4.69, 9.17) is 4.74 Å². The molecule has 1 aromatic rings. The highest BCUT2D eigenvalue weighted by molar-refractivity contribution is 5.84. The minimum Gasteiger partial charge on any atom is -0.504 e. The zero-order valence-electron chi connectivity index (χ0n) is 13.2. The standard InChI is InChI=1S/C18H23NO3/c1-10-7-12-13-8-11-3-4-15(22-2)17(21)16(11)18(12,5-6-19-13)9-14(10)20/h3-4,10,12-13,19,21H,5-9H2,1-2H3/t10-,12+,13-,18+/m1/s1. The average molecular weight is 301 g/mol. The van der Waals surface area contributed by atoms with Gasteiger partial charge in [-0.05, 0) is 43.4 Å². The number of ketones is 1. The second-order valence-electron chi connectivity index (χ2n) is 7.21. The van der Waals surface area contributed by atoms with Gasteiger partial charge in [-0.3, -0.25) is 4.79 Å². The Labute approximate surface area is 130 Å². The van der Waals surface area contributed by atoms with Gasteiger partial charge >= 0.3 is 0 Å². The van der Waals surface area contributed by atoms with Gasteiger partial charge < -0.3 is 15.2 Å². The summed E-state index contributed by atoms with van der Waals surface area (Å²) in [7, 11) is 1.58. The Balaban J connectivity index is 1.93. The van der Waals surface area contributed by atoms with Gasteiger partial charge in [0.1, 0.15) is 5.78 Å². The summed E-state index contributed by atoms with van der Waals surface area (Å²) >= 11 is 0. The molecule has 0 aromatic heterocycles. The molecule has 1 saturated carbocycles. The van der Waals surface area contributed by atoms with E-state index < -0.39 is 0 Å². The van der Waals surface area contributed by atoms with E-state index in [2.05, 4.69) is 11.4 Å². The summed E-state index contributed by atoms with van der Waals surface area (Å²) in [5.41, 5.74) is 1.97. The number of phenols is 1. The largest absolute Gasteiger partial charge is 0.504 e. The number of carbonyl (C=O) groups is 1. The number of aromatic hydroxyl groups is 1. The number of hydrogen-bond acceptors (Lipinski definition) is 4. The molecule has 0 spiro atoms. The molecular weight excluding hydrogens is 278 g/mol. The molecule has 1 aromatic carbocycles. The monoisotopic (exact) mass is 301 g/mol.